The number of nitrogens with one attached hydrogen (secondary N) is 3. The van der Waals surface area contributed by atoms with Crippen LogP contribution in [0.2, 0.25) is 0 Å². The van der Waals surface area contributed by atoms with Crippen LogP contribution in [0.25, 0.3) is 0 Å². The number of carbonyl (C=O) groups excluding carboxylic acids is 2. The Balaban J connectivity index is 1.22. The summed E-state index contributed by atoms with van der Waals surface area (Å²) in [4.78, 5) is 45.0. The van der Waals surface area contributed by atoms with Gasteiger partial charge in [-0.15, -0.1) is 0 Å². The van der Waals surface area contributed by atoms with E-state index < -0.39 is 35.8 Å². The number of benzene rings is 1. The van der Waals surface area contributed by atoms with E-state index in [0.29, 0.717) is 11.3 Å². The van der Waals surface area contributed by atoms with Crippen molar-refractivity contribution in [2.45, 2.75) is 62.5 Å². The highest BCUT2D eigenvalue weighted by atomic mass is 16.3. The first-order chi connectivity index (χ1) is 18.8. The molecular formula is C26H32N10O3. The molecule has 8 N–H and O–H groups in total. The molecule has 1 spiro atoms. The molecule has 5 atom stereocenters. The van der Waals surface area contributed by atoms with Crippen molar-refractivity contribution in [3.63, 3.8) is 0 Å². The Morgan fingerprint density at radius 2 is 2.00 bits per heavy atom. The lowest BCUT2D eigenvalue weighted by Gasteiger charge is -2.46. The summed E-state index contributed by atoms with van der Waals surface area (Å²) in [5, 5.41) is 20.6. The van der Waals surface area contributed by atoms with Crippen LogP contribution in [-0.2, 0) is 12.8 Å². The molecule has 1 fully saturated rings. The van der Waals surface area contributed by atoms with E-state index in [4.69, 9.17) is 11.5 Å². The monoisotopic (exact) mass is 532 g/mol. The smallest absolute Gasteiger partial charge is 0.270 e. The van der Waals surface area contributed by atoms with E-state index in [1.54, 1.807) is 17.9 Å². The predicted octanol–water partition coefficient (Wildman–Crippen LogP) is -1.45. The summed E-state index contributed by atoms with van der Waals surface area (Å²) in [7, 11) is 0. The fraction of sp³-hybridized carbons (Fsp3) is 0.462. The van der Waals surface area contributed by atoms with Crippen molar-refractivity contribution in [3.05, 3.63) is 58.7 Å². The van der Waals surface area contributed by atoms with Crippen LogP contribution < -0.4 is 27.4 Å². The van der Waals surface area contributed by atoms with Gasteiger partial charge in [0.05, 0.1) is 12.1 Å². The van der Waals surface area contributed by atoms with Gasteiger partial charge in [-0.25, -0.2) is 20.0 Å². The molecule has 4 aliphatic rings. The zero-order valence-electron chi connectivity index (χ0n) is 21.6. The fourth-order valence-corrected chi connectivity index (χ4v) is 6.31. The number of aryl methyl sites for hydroxylation is 2. The Morgan fingerprint density at radius 3 is 2.82 bits per heavy atom. The Bertz CT molecular complexity index is 1390. The van der Waals surface area contributed by atoms with Crippen LogP contribution in [0.5, 0.6) is 0 Å². The molecule has 13 heteroatoms. The highest BCUT2D eigenvalue weighted by Gasteiger charge is 2.65. The zero-order valence-corrected chi connectivity index (χ0v) is 21.6. The normalized spacial score (nSPS) is 28.8. The minimum Gasteiger partial charge on any atom is -0.386 e. The standard InChI is InChI=1S/C26H32N10O3/c1-13-9-17(31-12-30-13)23(39)29-10-18-20-26(35-24(27)34-20)21(37)19(11-36(26)25(28)33-18)32-22(38)16-8-4-6-14-5-2-3-7-15(14)16/h4,6,8-9,12,18-21,37H,2-3,5,7,10-11H2,1H3,(H2,28,33)(H,29,39)(H,32,38)(H3,27,34,35)/t18-,19?,20-,21+,26-/m0/s1. The highest BCUT2D eigenvalue weighted by Crippen LogP contribution is 2.40. The number of hydrogen-bond donors (Lipinski definition) is 6. The van der Waals surface area contributed by atoms with E-state index >= 15 is 0 Å². The van der Waals surface area contributed by atoms with Gasteiger partial charge in [0.15, 0.2) is 17.6 Å². The Morgan fingerprint density at radius 1 is 1.18 bits per heavy atom. The molecule has 4 heterocycles. The number of aliphatic hydroxyl groups excluding tert-OH is 1. The summed E-state index contributed by atoms with van der Waals surface area (Å²) in [6.07, 6.45) is 4.19. The van der Waals surface area contributed by atoms with Crippen LogP contribution in [0, 0.1) is 6.92 Å². The number of fused-ring (bicyclic) bond motifs is 1. The summed E-state index contributed by atoms with van der Waals surface area (Å²) >= 11 is 0. The lowest BCUT2D eigenvalue weighted by Crippen LogP contribution is -2.73. The van der Waals surface area contributed by atoms with E-state index in [1.165, 1.54) is 11.9 Å². The third-order valence-corrected chi connectivity index (χ3v) is 8.12. The average Bonchev–Trinajstić information content (AvgIpc) is 3.43. The molecule has 0 saturated carbocycles. The average molecular weight is 533 g/mol. The molecule has 0 bridgehead atoms. The first-order valence-electron chi connectivity index (χ1n) is 13.2. The molecular weight excluding hydrogens is 500 g/mol. The Labute approximate surface area is 225 Å². The van der Waals surface area contributed by atoms with Crippen LogP contribution in [-0.4, -0.2) is 86.7 Å². The van der Waals surface area contributed by atoms with Crippen LogP contribution in [0.3, 0.4) is 0 Å². The minimum atomic E-state index is -1.22. The number of nitrogens with zero attached hydrogens (tertiary/aromatic N) is 5. The van der Waals surface area contributed by atoms with Crippen LogP contribution in [0.4, 0.5) is 0 Å². The van der Waals surface area contributed by atoms with Gasteiger partial charge in [-0.05, 0) is 55.9 Å². The number of nitrogens with two attached hydrogens (primary N) is 2. The molecule has 2 amide bonds. The maximum absolute atomic E-state index is 13.4. The second kappa shape index (κ2) is 9.49. The number of carbonyl (C=O) groups is 2. The topological polar surface area (TPSA) is 196 Å². The van der Waals surface area contributed by atoms with Crippen molar-refractivity contribution in [1.29, 1.82) is 0 Å². The molecule has 1 aliphatic carbocycles. The van der Waals surface area contributed by atoms with Crippen molar-refractivity contribution in [1.82, 2.24) is 30.8 Å². The maximum Gasteiger partial charge on any atom is 0.270 e. The highest BCUT2D eigenvalue weighted by molar-refractivity contribution is 5.97. The minimum absolute atomic E-state index is 0.0845. The van der Waals surface area contributed by atoms with Gasteiger partial charge in [0, 0.05) is 24.3 Å². The molecule has 3 aliphatic heterocycles. The molecule has 1 aromatic heterocycles. The molecule has 1 unspecified atom stereocenters. The van der Waals surface area contributed by atoms with E-state index in [2.05, 4.69) is 42.0 Å². The van der Waals surface area contributed by atoms with Crippen LogP contribution in [0.1, 0.15) is 50.5 Å². The van der Waals surface area contributed by atoms with Crippen molar-refractivity contribution in [2.24, 2.45) is 21.5 Å². The molecule has 0 radical (unpaired) electrons. The van der Waals surface area contributed by atoms with Gasteiger partial charge in [0.1, 0.15) is 24.2 Å². The van der Waals surface area contributed by atoms with E-state index in [0.717, 1.165) is 31.2 Å². The molecule has 1 saturated heterocycles. The van der Waals surface area contributed by atoms with Gasteiger partial charge in [-0.2, -0.15) is 0 Å². The zero-order chi connectivity index (χ0) is 27.3. The number of aromatic nitrogens is 2. The van der Waals surface area contributed by atoms with Gasteiger partial charge >= 0.3 is 0 Å². The molecule has 39 heavy (non-hydrogen) atoms. The number of guanidine groups is 2. The van der Waals surface area contributed by atoms with Gasteiger partial charge in [-0.1, -0.05) is 12.1 Å². The molecule has 6 rings (SSSR count). The summed E-state index contributed by atoms with van der Waals surface area (Å²) in [6, 6.07) is 5.44. The lowest BCUT2D eigenvalue weighted by molar-refractivity contribution is 0.0144. The number of aliphatic hydroxyl groups is 1. The van der Waals surface area contributed by atoms with Crippen LogP contribution >= 0.6 is 0 Å². The molecule has 13 nitrogen and oxygen atoms in total. The van der Waals surface area contributed by atoms with Gasteiger partial charge < -0.3 is 37.4 Å². The van der Waals surface area contributed by atoms with Crippen molar-refractivity contribution < 1.29 is 14.7 Å². The lowest BCUT2D eigenvalue weighted by atomic mass is 9.87. The molecule has 2 aromatic rings. The van der Waals surface area contributed by atoms with Gasteiger partial charge in [0.25, 0.3) is 11.8 Å². The van der Waals surface area contributed by atoms with Crippen LogP contribution in [0.15, 0.2) is 40.6 Å². The fourth-order valence-electron chi connectivity index (χ4n) is 6.31. The van der Waals surface area contributed by atoms with Gasteiger partial charge in [-0.3, -0.25) is 9.59 Å². The van der Waals surface area contributed by atoms with Gasteiger partial charge in [0.2, 0.25) is 0 Å². The number of hydrogen-bond acceptors (Lipinski definition) is 11. The van der Waals surface area contributed by atoms with E-state index in [9.17, 15) is 14.7 Å². The SMILES string of the molecule is Cc1cc(C(=O)NC[C@@H]2N=C(N)N3CC(NC(=O)c4cccc5c4CCCC5)[C@@H](O)[C@@]34NC(N)=N[C@@H]24)ncn1. The summed E-state index contributed by atoms with van der Waals surface area (Å²) in [6.45, 7) is 2.07. The first kappa shape index (κ1) is 25.0. The number of amides is 2. The summed E-state index contributed by atoms with van der Waals surface area (Å²) < 4.78 is 0. The number of aliphatic imine (C=N–C) groups is 2. The van der Waals surface area contributed by atoms with E-state index in [1.807, 2.05) is 12.1 Å². The largest absolute Gasteiger partial charge is 0.386 e. The summed E-state index contributed by atoms with van der Waals surface area (Å²) in [5.41, 5.74) is 15.1. The number of rotatable bonds is 5. The second-order valence-corrected chi connectivity index (χ2v) is 10.5. The molecule has 204 valence electrons. The second-order valence-electron chi connectivity index (χ2n) is 10.5. The third-order valence-electron chi connectivity index (χ3n) is 8.12. The predicted molar refractivity (Wildman–Crippen MR) is 143 cm³/mol. The maximum atomic E-state index is 13.4. The van der Waals surface area contributed by atoms with Crippen molar-refractivity contribution in [3.8, 4) is 0 Å². The van der Waals surface area contributed by atoms with Crippen molar-refractivity contribution >= 4 is 23.7 Å². The van der Waals surface area contributed by atoms with Crippen molar-refractivity contribution in [2.75, 3.05) is 13.1 Å². The molecule has 1 aromatic carbocycles. The first-order valence-corrected chi connectivity index (χ1v) is 13.2. The Hall–Kier alpha value is -4.26. The summed E-state index contributed by atoms with van der Waals surface area (Å²) in [5.74, 6) is -0.344. The quantitative estimate of drug-likeness (QED) is 0.267. The Kier molecular flexibility index (Phi) is 6.09. The third kappa shape index (κ3) is 4.13. The van der Waals surface area contributed by atoms with E-state index in [-0.39, 0.29) is 36.6 Å².